The van der Waals surface area contributed by atoms with Crippen molar-refractivity contribution in [3.05, 3.63) is 12.2 Å². The summed E-state index contributed by atoms with van der Waals surface area (Å²) in [6.45, 7) is 13.7. The quantitative estimate of drug-likeness (QED) is 0.105. The minimum atomic E-state index is -1.42. The smallest absolute Gasteiger partial charge is 0.408 e. The van der Waals surface area contributed by atoms with Gasteiger partial charge in [0.05, 0.1) is 13.2 Å². The first-order valence-corrected chi connectivity index (χ1v) is 15.1. The number of hydrogen-bond donors (Lipinski definition) is 6. The lowest BCUT2D eigenvalue weighted by atomic mass is 9.97. The molecule has 0 aromatic rings. The first-order valence-electron chi connectivity index (χ1n) is 15.1. The second-order valence-corrected chi connectivity index (χ2v) is 12.5. The average molecular weight is 626 g/mol. The van der Waals surface area contributed by atoms with E-state index in [0.29, 0.717) is 13.0 Å². The van der Waals surface area contributed by atoms with E-state index >= 15 is 0 Å². The molecule has 0 aliphatic carbocycles. The van der Waals surface area contributed by atoms with Gasteiger partial charge >= 0.3 is 12.1 Å². The van der Waals surface area contributed by atoms with Gasteiger partial charge in [-0.1, -0.05) is 33.8 Å². The Morgan fingerprint density at radius 1 is 0.977 bits per heavy atom. The van der Waals surface area contributed by atoms with Gasteiger partial charge in [-0.2, -0.15) is 0 Å². The number of ether oxygens (including phenoxy) is 2. The molecule has 0 spiro atoms. The molecule has 1 fully saturated rings. The number of hydrogen-bond acceptors (Lipinski definition) is 9. The van der Waals surface area contributed by atoms with E-state index in [1.807, 2.05) is 13.8 Å². The number of alkyl carbamates (subject to hydrolysis) is 1. The van der Waals surface area contributed by atoms with Gasteiger partial charge in [0.15, 0.2) is 0 Å². The highest BCUT2D eigenvalue weighted by atomic mass is 16.6. The van der Waals surface area contributed by atoms with Gasteiger partial charge in [-0.05, 0) is 58.8 Å². The van der Waals surface area contributed by atoms with Gasteiger partial charge in [0.2, 0.25) is 23.6 Å². The molecule has 1 heterocycles. The van der Waals surface area contributed by atoms with Crippen LogP contribution >= 0.6 is 0 Å². The highest BCUT2D eigenvalue weighted by Gasteiger charge is 2.33. The van der Waals surface area contributed by atoms with Gasteiger partial charge in [-0.25, -0.2) is 9.59 Å². The summed E-state index contributed by atoms with van der Waals surface area (Å²) in [5, 5.41) is 23.0. The minimum absolute atomic E-state index is 0.0364. The molecule has 5 amide bonds. The van der Waals surface area contributed by atoms with Crippen molar-refractivity contribution in [3.63, 3.8) is 0 Å². The number of esters is 1. The Bertz CT molecular complexity index is 1040. The molecule has 0 aromatic carbocycles. The van der Waals surface area contributed by atoms with Gasteiger partial charge in [0.25, 0.3) is 0 Å². The minimum Gasteiger partial charge on any atom is -0.463 e. The molecule has 0 radical (unpaired) electrons. The number of carbonyl (C=O) groups is 6. The number of amides is 5. The van der Waals surface area contributed by atoms with Crippen LogP contribution in [0.4, 0.5) is 4.79 Å². The van der Waals surface area contributed by atoms with Crippen LogP contribution in [0.15, 0.2) is 12.2 Å². The predicted octanol–water partition coefficient (Wildman–Crippen LogP) is 0.674. The van der Waals surface area contributed by atoms with Crippen LogP contribution in [0.1, 0.15) is 74.7 Å². The summed E-state index contributed by atoms with van der Waals surface area (Å²) in [6, 6.07) is -4.27. The summed E-state index contributed by atoms with van der Waals surface area (Å²) in [4.78, 5) is 76.0. The van der Waals surface area contributed by atoms with E-state index in [1.54, 1.807) is 41.5 Å². The summed E-state index contributed by atoms with van der Waals surface area (Å²) in [7, 11) is 0. The zero-order valence-electron chi connectivity index (χ0n) is 27.2. The molecule has 1 rings (SSSR count). The molecule has 0 unspecified atom stereocenters. The van der Waals surface area contributed by atoms with Crippen molar-refractivity contribution in [2.45, 2.75) is 104 Å². The lowest BCUT2D eigenvalue weighted by Crippen LogP contribution is -2.59. The van der Waals surface area contributed by atoms with Gasteiger partial charge in [0.1, 0.15) is 23.7 Å². The molecular weight excluding hydrogens is 574 g/mol. The zero-order valence-corrected chi connectivity index (χ0v) is 27.2. The maximum atomic E-state index is 13.4. The molecule has 1 aliphatic heterocycles. The van der Waals surface area contributed by atoms with Gasteiger partial charge in [-0.15, -0.1) is 0 Å². The second kappa shape index (κ2) is 18.2. The fourth-order valence-electron chi connectivity index (χ4n) is 4.43. The first-order chi connectivity index (χ1) is 20.5. The first kappa shape index (κ1) is 38.3. The standard InChI is InChI=1S/C30H51N5O9/c1-9-43-23(37)11-10-20(15-19-12-13-31-25(19)38)32-26(39)21(14-17(2)3)33-27(40)22(16-36)34-28(41)24(18(4)5)35-29(42)44-30(6,7)8/h10-11,17-22,24,36H,9,12-16H2,1-8H3,(H,31,38)(H,32,39)(H,33,40)(H,34,41)(H,35,42)/b11-10+/t19-,20+,21-,22-,24-/m0/s1. The van der Waals surface area contributed by atoms with Crippen molar-refractivity contribution >= 4 is 35.7 Å². The maximum absolute atomic E-state index is 13.4. The molecule has 0 saturated carbocycles. The fraction of sp³-hybridized carbons (Fsp3) is 0.733. The van der Waals surface area contributed by atoms with Crippen LogP contribution in [-0.2, 0) is 33.4 Å². The summed E-state index contributed by atoms with van der Waals surface area (Å²) >= 11 is 0. The van der Waals surface area contributed by atoms with Gasteiger partial charge in [-0.3, -0.25) is 19.2 Å². The largest absolute Gasteiger partial charge is 0.463 e. The molecule has 44 heavy (non-hydrogen) atoms. The molecule has 14 nitrogen and oxygen atoms in total. The normalized spacial score (nSPS) is 17.8. The lowest BCUT2D eigenvalue weighted by Gasteiger charge is -2.28. The van der Waals surface area contributed by atoms with Crippen LogP contribution in [0.3, 0.4) is 0 Å². The summed E-state index contributed by atoms with van der Waals surface area (Å²) in [6.07, 6.45) is 2.85. The topological polar surface area (TPSA) is 201 Å². The Labute approximate surface area is 259 Å². The molecule has 14 heteroatoms. The molecule has 0 bridgehead atoms. The van der Waals surface area contributed by atoms with E-state index in [1.165, 1.54) is 12.2 Å². The Hall–Kier alpha value is -3.68. The molecule has 1 aliphatic rings. The van der Waals surface area contributed by atoms with Crippen LogP contribution in [0, 0.1) is 17.8 Å². The second-order valence-electron chi connectivity index (χ2n) is 12.5. The van der Waals surface area contributed by atoms with Crippen LogP contribution in [0.2, 0.25) is 0 Å². The lowest BCUT2D eigenvalue weighted by molar-refractivity contribution is -0.137. The number of nitrogens with one attached hydrogen (secondary N) is 5. The van der Waals surface area contributed by atoms with E-state index < -0.39 is 66.2 Å². The monoisotopic (exact) mass is 625 g/mol. The van der Waals surface area contributed by atoms with E-state index in [4.69, 9.17) is 9.47 Å². The number of carbonyl (C=O) groups excluding carboxylic acids is 6. The zero-order chi connectivity index (χ0) is 33.6. The molecule has 6 N–H and O–H groups in total. The molecule has 5 atom stereocenters. The van der Waals surface area contributed by atoms with Crippen molar-refractivity contribution < 1.29 is 43.3 Å². The van der Waals surface area contributed by atoms with E-state index in [2.05, 4.69) is 26.6 Å². The van der Waals surface area contributed by atoms with Crippen LogP contribution in [0.5, 0.6) is 0 Å². The Balaban J connectivity index is 3.05. The third kappa shape index (κ3) is 14.2. The Morgan fingerprint density at radius 2 is 1.59 bits per heavy atom. The SMILES string of the molecule is CCOC(=O)/C=C/[C@H](C[C@@H]1CCNC1=O)NC(=O)[C@H](CC(C)C)NC(=O)[C@H](CO)NC(=O)[C@@H](NC(=O)OC(C)(C)C)C(C)C. The summed E-state index contributed by atoms with van der Waals surface area (Å²) in [5.74, 6) is -3.64. The van der Waals surface area contributed by atoms with Crippen LogP contribution < -0.4 is 26.6 Å². The maximum Gasteiger partial charge on any atom is 0.408 e. The third-order valence-electron chi connectivity index (χ3n) is 6.56. The Morgan fingerprint density at radius 3 is 2.09 bits per heavy atom. The highest BCUT2D eigenvalue weighted by molar-refractivity contribution is 5.94. The highest BCUT2D eigenvalue weighted by Crippen LogP contribution is 2.17. The number of aliphatic hydroxyl groups excluding tert-OH is 1. The van der Waals surface area contributed by atoms with Gasteiger partial charge in [0, 0.05) is 24.6 Å². The van der Waals surface area contributed by atoms with Crippen molar-refractivity contribution in [1.82, 2.24) is 26.6 Å². The molecule has 0 aromatic heterocycles. The van der Waals surface area contributed by atoms with Gasteiger partial charge < -0.3 is 41.2 Å². The third-order valence-corrected chi connectivity index (χ3v) is 6.56. The van der Waals surface area contributed by atoms with E-state index in [9.17, 15) is 33.9 Å². The number of rotatable bonds is 16. The van der Waals surface area contributed by atoms with Crippen molar-refractivity contribution in [2.24, 2.45) is 17.8 Å². The average Bonchev–Trinajstić information content (AvgIpc) is 3.30. The van der Waals surface area contributed by atoms with Crippen LogP contribution in [-0.4, -0.2) is 90.3 Å². The molecule has 1 saturated heterocycles. The summed E-state index contributed by atoms with van der Waals surface area (Å²) in [5.41, 5.74) is -0.793. The van der Waals surface area contributed by atoms with E-state index in [-0.39, 0.29) is 43.1 Å². The van der Waals surface area contributed by atoms with Crippen molar-refractivity contribution in [1.29, 1.82) is 0 Å². The van der Waals surface area contributed by atoms with Crippen molar-refractivity contribution in [2.75, 3.05) is 19.8 Å². The Kier molecular flexibility index (Phi) is 15.9. The van der Waals surface area contributed by atoms with Crippen molar-refractivity contribution in [3.8, 4) is 0 Å². The van der Waals surface area contributed by atoms with E-state index in [0.717, 1.165) is 0 Å². The number of aliphatic hydroxyl groups is 1. The summed E-state index contributed by atoms with van der Waals surface area (Å²) < 4.78 is 10.2. The molecular formula is C30H51N5O9. The predicted molar refractivity (Wildman–Crippen MR) is 162 cm³/mol. The molecule has 250 valence electrons. The fourth-order valence-corrected chi connectivity index (χ4v) is 4.43. The van der Waals surface area contributed by atoms with Crippen LogP contribution in [0.25, 0.3) is 0 Å².